The summed E-state index contributed by atoms with van der Waals surface area (Å²) in [4.78, 5) is 25.9. The number of piperazine rings is 1. The van der Waals surface area contributed by atoms with Crippen LogP contribution in [-0.2, 0) is 16.0 Å². The summed E-state index contributed by atoms with van der Waals surface area (Å²) in [5, 5.41) is 6.57. The van der Waals surface area contributed by atoms with Gasteiger partial charge in [-0.3, -0.25) is 9.59 Å². The SMILES string of the molecule is O=C1CN(c2ccsc2)C(=O)C(Cc2ccccc2)N1. The van der Waals surface area contributed by atoms with Gasteiger partial charge in [-0.25, -0.2) is 0 Å². The Labute approximate surface area is 121 Å². The first-order valence-corrected chi connectivity index (χ1v) is 7.35. The summed E-state index contributed by atoms with van der Waals surface area (Å²) in [6.45, 7) is 0.0981. The molecule has 1 aromatic carbocycles. The van der Waals surface area contributed by atoms with Crippen LogP contribution >= 0.6 is 11.3 Å². The second-order valence-corrected chi connectivity index (χ2v) is 5.50. The molecule has 4 nitrogen and oxygen atoms in total. The lowest BCUT2D eigenvalue weighted by molar-refractivity contribution is -0.131. The molecule has 20 heavy (non-hydrogen) atoms. The third-order valence-electron chi connectivity index (χ3n) is 3.30. The molecule has 5 heteroatoms. The Morgan fingerprint density at radius 1 is 1.20 bits per heavy atom. The van der Waals surface area contributed by atoms with Crippen molar-refractivity contribution in [3.8, 4) is 0 Å². The molecular formula is C15H14N2O2S. The maximum atomic E-state index is 12.5. The van der Waals surface area contributed by atoms with Crippen molar-refractivity contribution in [1.29, 1.82) is 0 Å². The number of nitrogens with zero attached hydrogens (tertiary/aromatic N) is 1. The van der Waals surface area contributed by atoms with Crippen molar-refractivity contribution in [3.05, 3.63) is 52.7 Å². The van der Waals surface area contributed by atoms with E-state index >= 15 is 0 Å². The van der Waals surface area contributed by atoms with Gasteiger partial charge in [-0.05, 0) is 17.0 Å². The maximum absolute atomic E-state index is 12.5. The van der Waals surface area contributed by atoms with Crippen LogP contribution in [-0.4, -0.2) is 24.4 Å². The minimum atomic E-state index is -0.487. The van der Waals surface area contributed by atoms with Crippen molar-refractivity contribution in [2.45, 2.75) is 12.5 Å². The predicted octanol–water partition coefficient (Wildman–Crippen LogP) is 1.82. The van der Waals surface area contributed by atoms with Gasteiger partial charge in [-0.2, -0.15) is 11.3 Å². The minimum absolute atomic E-state index is 0.0492. The molecule has 0 radical (unpaired) electrons. The van der Waals surface area contributed by atoms with Crippen molar-refractivity contribution < 1.29 is 9.59 Å². The highest BCUT2D eigenvalue weighted by Crippen LogP contribution is 2.21. The molecule has 1 unspecified atom stereocenters. The minimum Gasteiger partial charge on any atom is -0.342 e. The van der Waals surface area contributed by atoms with Crippen LogP contribution in [0.15, 0.2) is 47.2 Å². The van der Waals surface area contributed by atoms with Crippen molar-refractivity contribution in [3.63, 3.8) is 0 Å². The molecular weight excluding hydrogens is 272 g/mol. The van der Waals surface area contributed by atoms with Crippen LogP contribution in [0.25, 0.3) is 0 Å². The number of benzene rings is 1. The maximum Gasteiger partial charge on any atom is 0.250 e. The molecule has 102 valence electrons. The summed E-state index contributed by atoms with van der Waals surface area (Å²) in [7, 11) is 0. The number of hydrogen-bond acceptors (Lipinski definition) is 3. The first kappa shape index (κ1) is 12.9. The molecule has 0 aliphatic carbocycles. The predicted molar refractivity (Wildman–Crippen MR) is 78.7 cm³/mol. The second-order valence-electron chi connectivity index (χ2n) is 4.72. The van der Waals surface area contributed by atoms with Crippen LogP contribution in [0.1, 0.15) is 5.56 Å². The zero-order valence-corrected chi connectivity index (χ0v) is 11.6. The third kappa shape index (κ3) is 2.58. The number of amides is 2. The van der Waals surface area contributed by atoms with E-state index in [1.54, 1.807) is 4.90 Å². The van der Waals surface area contributed by atoms with Gasteiger partial charge in [0, 0.05) is 11.8 Å². The molecule has 0 saturated carbocycles. The normalized spacial score (nSPS) is 19.0. The second kappa shape index (κ2) is 5.46. The fourth-order valence-electron chi connectivity index (χ4n) is 2.33. The lowest BCUT2D eigenvalue weighted by atomic mass is 10.0. The number of hydrogen-bond donors (Lipinski definition) is 1. The van der Waals surface area contributed by atoms with Crippen molar-refractivity contribution >= 4 is 28.8 Å². The molecule has 1 aliphatic rings. The summed E-state index contributed by atoms with van der Waals surface area (Å²) in [6.07, 6.45) is 0.520. The first-order chi connectivity index (χ1) is 9.74. The van der Waals surface area contributed by atoms with Crippen LogP contribution in [0.3, 0.4) is 0 Å². The van der Waals surface area contributed by atoms with E-state index in [2.05, 4.69) is 5.32 Å². The summed E-state index contributed by atoms with van der Waals surface area (Å²) < 4.78 is 0. The standard InChI is InChI=1S/C15H14N2O2S/c18-14-9-17(12-6-7-20-10-12)15(19)13(16-14)8-11-4-2-1-3-5-11/h1-7,10,13H,8-9H2,(H,16,18). The van der Waals surface area contributed by atoms with E-state index in [1.807, 2.05) is 47.2 Å². The molecule has 3 rings (SSSR count). The average molecular weight is 286 g/mol. The van der Waals surface area contributed by atoms with Gasteiger partial charge in [-0.15, -0.1) is 0 Å². The van der Waals surface area contributed by atoms with Gasteiger partial charge in [0.05, 0.1) is 5.69 Å². The van der Waals surface area contributed by atoms with Gasteiger partial charge in [-0.1, -0.05) is 30.3 Å². The Bertz CT molecular complexity index is 610. The molecule has 2 aromatic rings. The largest absolute Gasteiger partial charge is 0.342 e. The molecule has 1 fully saturated rings. The zero-order chi connectivity index (χ0) is 13.9. The highest BCUT2D eigenvalue weighted by Gasteiger charge is 2.33. The molecule has 1 atom stereocenters. The lowest BCUT2D eigenvalue weighted by Gasteiger charge is -2.32. The Morgan fingerprint density at radius 2 is 2.00 bits per heavy atom. The highest BCUT2D eigenvalue weighted by molar-refractivity contribution is 7.08. The highest BCUT2D eigenvalue weighted by atomic mass is 32.1. The smallest absolute Gasteiger partial charge is 0.250 e. The Balaban J connectivity index is 1.81. The quantitative estimate of drug-likeness (QED) is 0.935. The zero-order valence-electron chi connectivity index (χ0n) is 10.8. The topological polar surface area (TPSA) is 49.4 Å². The third-order valence-corrected chi connectivity index (χ3v) is 3.97. The summed E-state index contributed by atoms with van der Waals surface area (Å²) in [5.41, 5.74) is 1.84. The fourth-order valence-corrected chi connectivity index (χ4v) is 2.97. The lowest BCUT2D eigenvalue weighted by Crippen LogP contribution is -2.59. The summed E-state index contributed by atoms with van der Waals surface area (Å²) >= 11 is 1.52. The molecule has 2 heterocycles. The Kier molecular flexibility index (Phi) is 3.52. The van der Waals surface area contributed by atoms with Gasteiger partial charge in [0.2, 0.25) is 11.8 Å². The molecule has 0 spiro atoms. The van der Waals surface area contributed by atoms with E-state index in [9.17, 15) is 9.59 Å². The van der Waals surface area contributed by atoms with Crippen molar-refractivity contribution in [2.24, 2.45) is 0 Å². The van der Waals surface area contributed by atoms with Gasteiger partial charge < -0.3 is 10.2 Å². The number of anilines is 1. The van der Waals surface area contributed by atoms with Crippen LogP contribution in [0.4, 0.5) is 5.69 Å². The first-order valence-electron chi connectivity index (χ1n) is 6.41. The van der Waals surface area contributed by atoms with Gasteiger partial charge >= 0.3 is 0 Å². The monoisotopic (exact) mass is 286 g/mol. The van der Waals surface area contributed by atoms with Crippen LogP contribution < -0.4 is 10.2 Å². The molecule has 1 saturated heterocycles. The molecule has 1 N–H and O–H groups in total. The Morgan fingerprint density at radius 3 is 2.70 bits per heavy atom. The number of rotatable bonds is 3. The average Bonchev–Trinajstić information content (AvgIpc) is 2.97. The van der Waals surface area contributed by atoms with Crippen LogP contribution in [0, 0.1) is 0 Å². The van der Waals surface area contributed by atoms with Crippen LogP contribution in [0.5, 0.6) is 0 Å². The molecule has 1 aliphatic heterocycles. The van der Waals surface area contributed by atoms with E-state index in [0.717, 1.165) is 11.3 Å². The van der Waals surface area contributed by atoms with Crippen molar-refractivity contribution in [1.82, 2.24) is 5.32 Å². The van der Waals surface area contributed by atoms with E-state index in [-0.39, 0.29) is 18.4 Å². The van der Waals surface area contributed by atoms with Crippen LogP contribution in [0.2, 0.25) is 0 Å². The molecule has 2 amide bonds. The molecule has 0 bridgehead atoms. The van der Waals surface area contributed by atoms with Crippen molar-refractivity contribution in [2.75, 3.05) is 11.4 Å². The van der Waals surface area contributed by atoms with E-state index < -0.39 is 6.04 Å². The Hall–Kier alpha value is -2.14. The van der Waals surface area contributed by atoms with Gasteiger partial charge in [0.15, 0.2) is 0 Å². The summed E-state index contributed by atoms with van der Waals surface area (Å²) in [5.74, 6) is -0.163. The number of nitrogens with one attached hydrogen (secondary N) is 1. The fraction of sp³-hybridized carbons (Fsp3) is 0.200. The van der Waals surface area contributed by atoms with E-state index in [4.69, 9.17) is 0 Å². The molecule has 1 aromatic heterocycles. The number of carbonyl (C=O) groups excluding carboxylic acids is 2. The summed E-state index contributed by atoms with van der Waals surface area (Å²) in [6, 6.07) is 11.1. The van der Waals surface area contributed by atoms with Gasteiger partial charge in [0.1, 0.15) is 12.6 Å². The van der Waals surface area contributed by atoms with E-state index in [0.29, 0.717) is 6.42 Å². The van der Waals surface area contributed by atoms with Gasteiger partial charge in [0.25, 0.3) is 0 Å². The van der Waals surface area contributed by atoms with E-state index in [1.165, 1.54) is 11.3 Å². The number of carbonyl (C=O) groups is 2. The number of thiophene rings is 1.